The third kappa shape index (κ3) is 2.79. The highest BCUT2D eigenvalue weighted by Gasteiger charge is 2.22. The summed E-state index contributed by atoms with van der Waals surface area (Å²) in [6.45, 7) is -0.145. The number of nitro groups is 1. The second kappa shape index (κ2) is 5.89. The Morgan fingerprint density at radius 2 is 1.95 bits per heavy atom. The van der Waals surface area contributed by atoms with Gasteiger partial charge in [-0.05, 0) is 29.8 Å². The molecule has 3 aromatic rings. The van der Waals surface area contributed by atoms with Crippen LogP contribution in [0.25, 0.3) is 10.9 Å². The molecule has 0 unspecified atom stereocenters. The number of ether oxygens (including phenoxy) is 1. The molecule has 1 heterocycles. The van der Waals surface area contributed by atoms with Crippen LogP contribution in [-0.4, -0.2) is 23.6 Å². The zero-order valence-corrected chi connectivity index (χ0v) is 12.2. The maximum Gasteiger partial charge on any atom is 0.216 e. The van der Waals surface area contributed by atoms with Crippen LogP contribution >= 0.6 is 0 Å². The second-order valence-corrected chi connectivity index (χ2v) is 5.16. The zero-order valence-electron chi connectivity index (χ0n) is 12.2. The van der Waals surface area contributed by atoms with Crippen molar-refractivity contribution in [2.24, 2.45) is 0 Å². The van der Waals surface area contributed by atoms with Gasteiger partial charge in [0.2, 0.25) is 6.54 Å². The van der Waals surface area contributed by atoms with Crippen molar-refractivity contribution in [1.82, 2.24) is 4.98 Å². The maximum atomic E-state index is 11.0. The molecule has 5 nitrogen and oxygen atoms in total. The summed E-state index contributed by atoms with van der Waals surface area (Å²) in [7, 11) is 1.62. The Hall–Kier alpha value is -2.82. The van der Waals surface area contributed by atoms with Crippen molar-refractivity contribution in [2.45, 2.75) is 5.92 Å². The first kappa shape index (κ1) is 14.1. The summed E-state index contributed by atoms with van der Waals surface area (Å²) < 4.78 is 5.22. The van der Waals surface area contributed by atoms with Crippen LogP contribution in [0.3, 0.4) is 0 Å². The molecule has 0 spiro atoms. The molecule has 1 aromatic heterocycles. The lowest BCUT2D eigenvalue weighted by atomic mass is 9.96. The molecule has 0 saturated carbocycles. The van der Waals surface area contributed by atoms with Crippen molar-refractivity contribution in [1.29, 1.82) is 0 Å². The summed E-state index contributed by atoms with van der Waals surface area (Å²) >= 11 is 0. The van der Waals surface area contributed by atoms with Gasteiger partial charge in [-0.15, -0.1) is 0 Å². The van der Waals surface area contributed by atoms with Crippen LogP contribution in [0.1, 0.15) is 17.2 Å². The van der Waals surface area contributed by atoms with Crippen LogP contribution in [-0.2, 0) is 0 Å². The lowest BCUT2D eigenvalue weighted by molar-refractivity contribution is -0.481. The first-order valence-corrected chi connectivity index (χ1v) is 7.01. The Kier molecular flexibility index (Phi) is 3.78. The van der Waals surface area contributed by atoms with Gasteiger partial charge in [-0.1, -0.05) is 30.3 Å². The van der Waals surface area contributed by atoms with E-state index in [1.165, 1.54) is 0 Å². The number of nitrogens with one attached hydrogen (secondary N) is 1. The van der Waals surface area contributed by atoms with Crippen LogP contribution in [0.2, 0.25) is 0 Å². The van der Waals surface area contributed by atoms with Gasteiger partial charge in [-0.2, -0.15) is 0 Å². The minimum atomic E-state index is -0.297. The first-order valence-electron chi connectivity index (χ1n) is 7.01. The Morgan fingerprint density at radius 3 is 2.64 bits per heavy atom. The smallest absolute Gasteiger partial charge is 0.216 e. The Morgan fingerprint density at radius 1 is 1.18 bits per heavy atom. The van der Waals surface area contributed by atoms with E-state index in [0.29, 0.717) is 0 Å². The highest BCUT2D eigenvalue weighted by molar-refractivity contribution is 5.82. The van der Waals surface area contributed by atoms with Crippen LogP contribution in [0, 0.1) is 10.1 Å². The number of aromatic amines is 1. The molecule has 0 saturated heterocycles. The molecule has 0 aliphatic heterocycles. The highest BCUT2D eigenvalue weighted by Crippen LogP contribution is 2.29. The molecule has 0 radical (unpaired) electrons. The Balaban J connectivity index is 2.05. The summed E-state index contributed by atoms with van der Waals surface area (Å²) in [4.78, 5) is 14.1. The van der Waals surface area contributed by atoms with E-state index in [1.54, 1.807) is 7.11 Å². The maximum absolute atomic E-state index is 11.0. The highest BCUT2D eigenvalue weighted by atomic mass is 16.6. The van der Waals surface area contributed by atoms with Crippen LogP contribution in [0.5, 0.6) is 5.75 Å². The number of hydrogen-bond acceptors (Lipinski definition) is 3. The van der Waals surface area contributed by atoms with Gasteiger partial charge >= 0.3 is 0 Å². The SMILES string of the molecule is COc1ccc2[nH]c([C@H](C[N+](=O)[O-])c3ccccc3)cc2c1. The fourth-order valence-corrected chi connectivity index (χ4v) is 2.67. The number of methoxy groups -OCH3 is 1. The average Bonchev–Trinajstić information content (AvgIpc) is 2.95. The minimum absolute atomic E-state index is 0.145. The van der Waals surface area contributed by atoms with E-state index in [0.717, 1.165) is 27.9 Å². The summed E-state index contributed by atoms with van der Waals surface area (Å²) in [6.07, 6.45) is 0. The molecule has 0 bridgehead atoms. The quantitative estimate of drug-likeness (QED) is 0.578. The van der Waals surface area contributed by atoms with Crippen molar-refractivity contribution < 1.29 is 9.66 Å². The van der Waals surface area contributed by atoms with Gasteiger partial charge in [0, 0.05) is 21.5 Å². The number of aromatic nitrogens is 1. The molecule has 0 amide bonds. The zero-order chi connectivity index (χ0) is 15.5. The Labute approximate surface area is 127 Å². The van der Waals surface area contributed by atoms with Crippen LogP contribution in [0.15, 0.2) is 54.6 Å². The van der Waals surface area contributed by atoms with Gasteiger partial charge in [-0.25, -0.2) is 0 Å². The number of fused-ring (bicyclic) bond motifs is 1. The number of hydrogen-bond donors (Lipinski definition) is 1. The molecule has 1 N–H and O–H groups in total. The summed E-state index contributed by atoms with van der Waals surface area (Å²) in [5, 5.41) is 12.0. The lowest BCUT2D eigenvalue weighted by Gasteiger charge is -2.11. The molecule has 0 fully saturated rings. The van der Waals surface area contributed by atoms with Crippen LogP contribution in [0.4, 0.5) is 0 Å². The van der Waals surface area contributed by atoms with Gasteiger partial charge in [0.05, 0.1) is 13.0 Å². The van der Waals surface area contributed by atoms with Gasteiger partial charge in [0.1, 0.15) is 5.75 Å². The molecule has 1 atom stereocenters. The predicted molar refractivity (Wildman–Crippen MR) is 85.0 cm³/mol. The second-order valence-electron chi connectivity index (χ2n) is 5.16. The van der Waals surface area contributed by atoms with Gasteiger partial charge in [0.15, 0.2) is 0 Å². The fraction of sp³-hybridized carbons (Fsp3) is 0.176. The van der Waals surface area contributed by atoms with E-state index in [2.05, 4.69) is 4.98 Å². The number of benzene rings is 2. The standard InChI is InChI=1S/C17H16N2O3/c1-22-14-7-8-16-13(9-14)10-17(18-16)15(11-19(20)21)12-5-3-2-4-6-12/h2-10,15,18H,11H2,1H3/t15-/m1/s1. The van der Waals surface area contributed by atoms with E-state index in [-0.39, 0.29) is 17.4 Å². The molecular weight excluding hydrogens is 280 g/mol. The molecule has 0 aliphatic rings. The third-order valence-corrected chi connectivity index (χ3v) is 3.76. The van der Waals surface area contributed by atoms with E-state index in [9.17, 15) is 10.1 Å². The summed E-state index contributed by atoms with van der Waals surface area (Å²) in [5.74, 6) is 0.471. The number of H-pyrrole nitrogens is 1. The van der Waals surface area contributed by atoms with Crippen molar-refractivity contribution in [3.63, 3.8) is 0 Å². The lowest BCUT2D eigenvalue weighted by Crippen LogP contribution is -2.14. The van der Waals surface area contributed by atoms with Gasteiger partial charge < -0.3 is 9.72 Å². The molecule has 2 aromatic carbocycles. The van der Waals surface area contributed by atoms with Gasteiger partial charge in [-0.3, -0.25) is 10.1 Å². The first-order chi connectivity index (χ1) is 10.7. The van der Waals surface area contributed by atoms with Gasteiger partial charge in [0.25, 0.3) is 0 Å². The van der Waals surface area contributed by atoms with Crippen molar-refractivity contribution in [2.75, 3.05) is 13.7 Å². The average molecular weight is 296 g/mol. The van der Waals surface area contributed by atoms with E-state index >= 15 is 0 Å². The van der Waals surface area contributed by atoms with Crippen molar-refractivity contribution in [3.8, 4) is 5.75 Å². The molecular formula is C17H16N2O3. The fourth-order valence-electron chi connectivity index (χ4n) is 2.67. The number of nitrogens with zero attached hydrogens (tertiary/aromatic N) is 1. The Bertz CT molecular complexity index is 796. The van der Waals surface area contributed by atoms with E-state index < -0.39 is 0 Å². The monoisotopic (exact) mass is 296 g/mol. The molecule has 112 valence electrons. The van der Waals surface area contributed by atoms with Crippen molar-refractivity contribution in [3.05, 3.63) is 76.0 Å². The van der Waals surface area contributed by atoms with E-state index in [4.69, 9.17) is 4.74 Å². The van der Waals surface area contributed by atoms with Crippen LogP contribution < -0.4 is 4.74 Å². The summed E-state index contributed by atoms with van der Waals surface area (Å²) in [6, 6.07) is 17.2. The normalized spacial score (nSPS) is 12.2. The third-order valence-electron chi connectivity index (χ3n) is 3.76. The molecule has 0 aliphatic carbocycles. The minimum Gasteiger partial charge on any atom is -0.497 e. The summed E-state index contributed by atoms with van der Waals surface area (Å²) in [5.41, 5.74) is 2.71. The van der Waals surface area contributed by atoms with E-state index in [1.807, 2.05) is 54.6 Å². The topological polar surface area (TPSA) is 68.2 Å². The number of rotatable bonds is 5. The van der Waals surface area contributed by atoms with Crippen molar-refractivity contribution >= 4 is 10.9 Å². The largest absolute Gasteiger partial charge is 0.497 e. The molecule has 5 heteroatoms. The predicted octanol–water partition coefficient (Wildman–Crippen LogP) is 3.59. The molecule has 22 heavy (non-hydrogen) atoms. The molecule has 3 rings (SSSR count).